The zero-order valence-corrected chi connectivity index (χ0v) is 12.8. The maximum absolute atomic E-state index is 5.31. The number of rotatable bonds is 3. The quantitative estimate of drug-likeness (QED) is 0.730. The fraction of sp³-hybridized carbons (Fsp3) is 0.400. The molecule has 0 N–H and O–H groups in total. The van der Waals surface area contributed by atoms with E-state index in [4.69, 9.17) is 4.52 Å². The Labute approximate surface area is 133 Å². The van der Waals surface area contributed by atoms with Crippen LogP contribution in [0.15, 0.2) is 35.5 Å². The lowest BCUT2D eigenvalue weighted by molar-refractivity contribution is 0.365. The van der Waals surface area contributed by atoms with Crippen LogP contribution in [0.2, 0.25) is 0 Å². The normalized spacial score (nSPS) is 16.0. The van der Waals surface area contributed by atoms with Crippen LogP contribution in [-0.2, 0) is 0 Å². The van der Waals surface area contributed by atoms with Gasteiger partial charge in [-0.1, -0.05) is 5.16 Å². The number of hydrogen-bond acceptors (Lipinski definition) is 7. The van der Waals surface area contributed by atoms with Crippen LogP contribution in [-0.4, -0.2) is 43.0 Å². The van der Waals surface area contributed by atoms with E-state index < -0.39 is 0 Å². The fourth-order valence-corrected chi connectivity index (χ4v) is 2.97. The second kappa shape index (κ2) is 5.79. The number of hydrogen-bond donors (Lipinski definition) is 0. The molecule has 1 aliphatic heterocycles. The van der Waals surface area contributed by atoms with E-state index >= 15 is 0 Å². The van der Waals surface area contributed by atoms with Crippen molar-refractivity contribution >= 4 is 5.82 Å². The Morgan fingerprint density at radius 3 is 2.83 bits per heavy atom. The maximum atomic E-state index is 5.31. The number of aryl methyl sites for hydroxylation is 1. The van der Waals surface area contributed by atoms with Crippen molar-refractivity contribution in [2.75, 3.05) is 18.0 Å². The molecule has 8 nitrogen and oxygen atoms in total. The molecule has 8 heteroatoms. The van der Waals surface area contributed by atoms with Crippen molar-refractivity contribution in [3.8, 4) is 11.5 Å². The van der Waals surface area contributed by atoms with E-state index in [2.05, 4.69) is 30.1 Å². The zero-order chi connectivity index (χ0) is 15.6. The maximum Gasteiger partial charge on any atom is 0.261 e. The summed E-state index contributed by atoms with van der Waals surface area (Å²) in [5.74, 6) is 2.04. The second-order valence-electron chi connectivity index (χ2n) is 5.62. The minimum absolute atomic E-state index is 0.395. The summed E-state index contributed by atoms with van der Waals surface area (Å²) in [5.41, 5.74) is 0.882. The Balaban J connectivity index is 1.56. The molecule has 0 amide bonds. The van der Waals surface area contributed by atoms with Gasteiger partial charge in [0.25, 0.3) is 5.89 Å². The predicted octanol–water partition coefficient (Wildman–Crippen LogP) is 1.87. The molecular formula is C15H17N7O. The molecule has 0 spiro atoms. The van der Waals surface area contributed by atoms with E-state index in [0.29, 0.717) is 17.8 Å². The van der Waals surface area contributed by atoms with Gasteiger partial charge in [-0.15, -0.1) is 0 Å². The van der Waals surface area contributed by atoms with E-state index in [-0.39, 0.29) is 0 Å². The third kappa shape index (κ3) is 2.67. The van der Waals surface area contributed by atoms with Crippen LogP contribution in [0.1, 0.15) is 24.7 Å². The molecule has 0 atom stereocenters. The average Bonchev–Trinajstić information content (AvgIpc) is 3.27. The van der Waals surface area contributed by atoms with E-state index in [1.807, 2.05) is 23.7 Å². The van der Waals surface area contributed by atoms with Gasteiger partial charge in [0.15, 0.2) is 5.82 Å². The second-order valence-corrected chi connectivity index (χ2v) is 5.62. The summed E-state index contributed by atoms with van der Waals surface area (Å²) in [6.45, 7) is 3.62. The summed E-state index contributed by atoms with van der Waals surface area (Å²) in [6, 6.07) is 4.26. The summed E-state index contributed by atoms with van der Waals surface area (Å²) < 4.78 is 7.25. The Morgan fingerprint density at radius 2 is 2.13 bits per heavy atom. The summed E-state index contributed by atoms with van der Waals surface area (Å²) in [7, 11) is 0. The third-order valence-corrected chi connectivity index (χ3v) is 4.12. The van der Waals surface area contributed by atoms with Gasteiger partial charge in [-0.05, 0) is 31.9 Å². The van der Waals surface area contributed by atoms with E-state index in [0.717, 1.165) is 37.3 Å². The van der Waals surface area contributed by atoms with Crippen molar-refractivity contribution in [3.63, 3.8) is 0 Å². The number of anilines is 1. The van der Waals surface area contributed by atoms with Gasteiger partial charge in [0, 0.05) is 19.3 Å². The van der Waals surface area contributed by atoms with Crippen LogP contribution in [0.5, 0.6) is 0 Å². The molecule has 0 bridgehead atoms. The first-order chi connectivity index (χ1) is 11.3. The van der Waals surface area contributed by atoms with Gasteiger partial charge in [-0.2, -0.15) is 10.1 Å². The van der Waals surface area contributed by atoms with Gasteiger partial charge in [0.1, 0.15) is 18.5 Å². The molecular weight excluding hydrogens is 294 g/mol. The topological polar surface area (TPSA) is 85.8 Å². The first-order valence-electron chi connectivity index (χ1n) is 7.66. The highest BCUT2D eigenvalue weighted by atomic mass is 16.5. The van der Waals surface area contributed by atoms with Crippen LogP contribution in [0.3, 0.4) is 0 Å². The molecule has 0 radical (unpaired) electrons. The Hall–Kier alpha value is -2.77. The van der Waals surface area contributed by atoms with Gasteiger partial charge in [0.05, 0.1) is 11.6 Å². The molecule has 3 aromatic heterocycles. The standard InChI is InChI=1S/C15H17N7O/c1-11-19-15(23-20-11)13-3-2-6-17-14(13)21-7-4-12(5-8-21)22-10-16-9-18-22/h2-3,6,9-10,12H,4-5,7-8H2,1H3. The van der Waals surface area contributed by atoms with Crippen molar-refractivity contribution in [3.05, 3.63) is 36.8 Å². The van der Waals surface area contributed by atoms with Crippen LogP contribution >= 0.6 is 0 Å². The Morgan fingerprint density at radius 1 is 1.26 bits per heavy atom. The molecule has 3 aromatic rings. The highest BCUT2D eigenvalue weighted by molar-refractivity contribution is 5.69. The summed E-state index contributed by atoms with van der Waals surface area (Å²) in [5, 5.41) is 8.12. The summed E-state index contributed by atoms with van der Waals surface area (Å²) in [4.78, 5) is 15.2. The molecule has 1 fully saturated rings. The highest BCUT2D eigenvalue weighted by Gasteiger charge is 2.24. The highest BCUT2D eigenvalue weighted by Crippen LogP contribution is 2.31. The number of nitrogens with zero attached hydrogens (tertiary/aromatic N) is 7. The van der Waals surface area contributed by atoms with Gasteiger partial charge in [0.2, 0.25) is 0 Å². The van der Waals surface area contributed by atoms with Crippen molar-refractivity contribution < 1.29 is 4.52 Å². The molecule has 4 heterocycles. The van der Waals surface area contributed by atoms with Crippen LogP contribution in [0, 0.1) is 6.92 Å². The molecule has 1 saturated heterocycles. The average molecular weight is 311 g/mol. The van der Waals surface area contributed by atoms with E-state index in [1.54, 1.807) is 18.9 Å². The van der Waals surface area contributed by atoms with Gasteiger partial charge in [-0.25, -0.2) is 14.6 Å². The summed E-state index contributed by atoms with van der Waals surface area (Å²) >= 11 is 0. The van der Waals surface area contributed by atoms with Crippen LogP contribution in [0.25, 0.3) is 11.5 Å². The summed E-state index contributed by atoms with van der Waals surface area (Å²) in [6.07, 6.45) is 7.17. The van der Waals surface area contributed by atoms with Gasteiger partial charge >= 0.3 is 0 Å². The molecule has 0 saturated carbocycles. The number of aromatic nitrogens is 6. The lowest BCUT2D eigenvalue weighted by Gasteiger charge is -2.33. The first-order valence-corrected chi connectivity index (χ1v) is 7.66. The Bertz CT molecular complexity index is 775. The molecule has 4 rings (SSSR count). The SMILES string of the molecule is Cc1noc(-c2cccnc2N2CCC(n3cncn3)CC2)n1. The van der Waals surface area contributed by atoms with Crippen molar-refractivity contribution in [2.24, 2.45) is 0 Å². The number of pyridine rings is 1. The van der Waals surface area contributed by atoms with Gasteiger partial charge in [-0.3, -0.25) is 0 Å². The largest absolute Gasteiger partial charge is 0.356 e. The van der Waals surface area contributed by atoms with Crippen LogP contribution < -0.4 is 4.90 Å². The minimum Gasteiger partial charge on any atom is -0.356 e. The molecule has 118 valence electrons. The van der Waals surface area contributed by atoms with E-state index in [1.165, 1.54) is 0 Å². The van der Waals surface area contributed by atoms with Crippen LogP contribution in [0.4, 0.5) is 5.82 Å². The molecule has 0 unspecified atom stereocenters. The molecule has 0 aliphatic carbocycles. The molecule has 0 aromatic carbocycles. The minimum atomic E-state index is 0.395. The molecule has 1 aliphatic rings. The predicted molar refractivity (Wildman–Crippen MR) is 82.8 cm³/mol. The van der Waals surface area contributed by atoms with Crippen molar-refractivity contribution in [1.29, 1.82) is 0 Å². The fourth-order valence-electron chi connectivity index (χ4n) is 2.97. The molecule has 23 heavy (non-hydrogen) atoms. The lowest BCUT2D eigenvalue weighted by Crippen LogP contribution is -2.35. The lowest BCUT2D eigenvalue weighted by atomic mass is 10.0. The van der Waals surface area contributed by atoms with Gasteiger partial charge < -0.3 is 9.42 Å². The monoisotopic (exact) mass is 311 g/mol. The van der Waals surface area contributed by atoms with Crippen molar-refractivity contribution in [2.45, 2.75) is 25.8 Å². The van der Waals surface area contributed by atoms with Crippen molar-refractivity contribution in [1.82, 2.24) is 29.9 Å². The number of piperidine rings is 1. The zero-order valence-electron chi connectivity index (χ0n) is 12.8. The van der Waals surface area contributed by atoms with E-state index in [9.17, 15) is 0 Å². The Kier molecular flexibility index (Phi) is 3.49. The smallest absolute Gasteiger partial charge is 0.261 e. The third-order valence-electron chi connectivity index (χ3n) is 4.12. The first kappa shape index (κ1) is 13.9.